The minimum Gasteiger partial charge on any atom is -0.380 e. The van der Waals surface area contributed by atoms with E-state index in [2.05, 4.69) is 4.36 Å². The number of benzene rings is 1. The van der Waals surface area contributed by atoms with E-state index in [-0.39, 0.29) is 11.5 Å². The van der Waals surface area contributed by atoms with Crippen molar-refractivity contribution < 1.29 is 8.95 Å². The zero-order valence-corrected chi connectivity index (χ0v) is 7.50. The molecule has 0 aliphatic heterocycles. The maximum atomic E-state index is 10.0. The van der Waals surface area contributed by atoms with Gasteiger partial charge in [0.15, 0.2) is 0 Å². The molecule has 4 heteroatoms. The van der Waals surface area contributed by atoms with Gasteiger partial charge in [0.05, 0.1) is 12.3 Å². The van der Waals surface area contributed by atoms with Crippen molar-refractivity contribution in [3.63, 3.8) is 0 Å². The number of hydrogen-bond donors (Lipinski definition) is 0. The smallest absolute Gasteiger partial charge is 0.205 e. The number of nitrogens with zero attached hydrogens (tertiary/aromatic N) is 1. The molecule has 64 valence electrons. The second-order valence-corrected chi connectivity index (χ2v) is 2.60. The topological polar surface area (TPSA) is 38.7 Å². The van der Waals surface area contributed by atoms with Crippen LogP contribution in [0.1, 0.15) is 5.56 Å². The Bertz CT molecular complexity index is 290. The third kappa shape index (κ3) is 2.56. The van der Waals surface area contributed by atoms with Crippen LogP contribution >= 0.6 is 0 Å². The molecule has 0 unspecified atom stereocenters. The second kappa shape index (κ2) is 4.79. The Labute approximate surface area is 74.6 Å². The van der Waals surface area contributed by atoms with Crippen LogP contribution in [0.2, 0.25) is 0 Å². The van der Waals surface area contributed by atoms with E-state index in [0.29, 0.717) is 12.3 Å². The van der Waals surface area contributed by atoms with Crippen LogP contribution in [-0.2, 0) is 22.8 Å². The van der Waals surface area contributed by atoms with Crippen molar-refractivity contribution in [2.45, 2.75) is 6.61 Å². The summed E-state index contributed by atoms with van der Waals surface area (Å²) in [6, 6.07) is 7.36. The van der Waals surface area contributed by atoms with Gasteiger partial charge < -0.3 is 4.74 Å². The lowest BCUT2D eigenvalue weighted by molar-refractivity contribution is 0.185. The monoisotopic (exact) mass is 183 g/mol. The van der Waals surface area contributed by atoms with Gasteiger partial charge in [0, 0.05) is 7.11 Å². The molecule has 0 radical (unpaired) electrons. The van der Waals surface area contributed by atoms with E-state index < -0.39 is 0 Å². The van der Waals surface area contributed by atoms with Gasteiger partial charge in [0.1, 0.15) is 0 Å². The third-order valence-electron chi connectivity index (χ3n) is 1.39. The molecular formula is C8H9NO2S. The molecule has 0 fully saturated rings. The van der Waals surface area contributed by atoms with Crippen LogP contribution in [-0.4, -0.2) is 11.3 Å². The Morgan fingerprint density at radius 2 is 2.08 bits per heavy atom. The SMILES string of the molecule is COCc1ccc(N=S=O)cc1. The van der Waals surface area contributed by atoms with Gasteiger partial charge in [-0.15, -0.1) is 0 Å². The maximum Gasteiger partial charge on any atom is 0.205 e. The van der Waals surface area contributed by atoms with Crippen molar-refractivity contribution in [3.8, 4) is 0 Å². The van der Waals surface area contributed by atoms with E-state index in [1.807, 2.05) is 12.1 Å². The first-order valence-electron chi connectivity index (χ1n) is 3.44. The van der Waals surface area contributed by atoms with Crippen LogP contribution in [0.3, 0.4) is 0 Å². The summed E-state index contributed by atoms with van der Waals surface area (Å²) in [5, 5.41) is 0. The first-order chi connectivity index (χ1) is 5.86. The van der Waals surface area contributed by atoms with Gasteiger partial charge in [-0.2, -0.15) is 8.57 Å². The van der Waals surface area contributed by atoms with Crippen LogP contribution in [0.5, 0.6) is 0 Å². The quantitative estimate of drug-likeness (QED) is 0.717. The summed E-state index contributed by atoms with van der Waals surface area (Å²) in [5.41, 5.74) is 1.77. The molecule has 0 saturated carbocycles. The van der Waals surface area contributed by atoms with Gasteiger partial charge >= 0.3 is 0 Å². The summed E-state index contributed by atoms with van der Waals surface area (Å²) >= 11 is 0.218. The van der Waals surface area contributed by atoms with Crippen LogP contribution in [0.4, 0.5) is 5.69 Å². The highest BCUT2D eigenvalue weighted by Crippen LogP contribution is 2.12. The van der Waals surface area contributed by atoms with Gasteiger partial charge in [-0.3, -0.25) is 0 Å². The molecule has 0 spiro atoms. The molecule has 0 heterocycles. The van der Waals surface area contributed by atoms with Gasteiger partial charge in [-0.1, -0.05) is 12.1 Å². The Morgan fingerprint density at radius 3 is 2.58 bits per heavy atom. The molecule has 0 atom stereocenters. The Kier molecular flexibility index (Phi) is 3.63. The van der Waals surface area contributed by atoms with Crippen molar-refractivity contribution >= 4 is 17.2 Å². The third-order valence-corrected chi connectivity index (χ3v) is 1.68. The Morgan fingerprint density at radius 1 is 1.42 bits per heavy atom. The molecule has 0 N–H and O–H groups in total. The zero-order chi connectivity index (χ0) is 8.81. The van der Waals surface area contributed by atoms with Crippen molar-refractivity contribution in [3.05, 3.63) is 29.8 Å². The van der Waals surface area contributed by atoms with E-state index in [1.54, 1.807) is 19.2 Å². The average molecular weight is 183 g/mol. The van der Waals surface area contributed by atoms with Gasteiger partial charge in [-0.05, 0) is 17.7 Å². The summed E-state index contributed by atoms with van der Waals surface area (Å²) in [7, 11) is 1.64. The highest BCUT2D eigenvalue weighted by atomic mass is 32.1. The predicted molar refractivity (Wildman–Crippen MR) is 47.4 cm³/mol. The molecule has 1 aromatic rings. The summed E-state index contributed by atoms with van der Waals surface area (Å²) in [6.45, 7) is 0.588. The second-order valence-electron chi connectivity index (χ2n) is 2.27. The summed E-state index contributed by atoms with van der Waals surface area (Å²) < 4.78 is 18.6. The van der Waals surface area contributed by atoms with Crippen LogP contribution in [0.15, 0.2) is 28.6 Å². The summed E-state index contributed by atoms with van der Waals surface area (Å²) in [5.74, 6) is 0. The molecule has 0 bridgehead atoms. The van der Waals surface area contributed by atoms with E-state index in [1.165, 1.54) is 0 Å². The number of hydrogen-bond acceptors (Lipinski definition) is 3. The standard InChI is InChI=1S/C8H9NO2S/c1-11-6-7-2-4-8(5-3-7)9-12-10/h2-5H,6H2,1H3. The van der Waals surface area contributed by atoms with E-state index in [4.69, 9.17) is 4.74 Å². The fraction of sp³-hybridized carbons (Fsp3) is 0.250. The summed E-state index contributed by atoms with van der Waals surface area (Å²) in [6.07, 6.45) is 0. The van der Waals surface area contributed by atoms with E-state index in [9.17, 15) is 4.21 Å². The van der Waals surface area contributed by atoms with Crippen molar-refractivity contribution in [1.82, 2.24) is 0 Å². The maximum absolute atomic E-state index is 10.0. The van der Waals surface area contributed by atoms with Crippen molar-refractivity contribution in [1.29, 1.82) is 0 Å². The van der Waals surface area contributed by atoms with Crippen LogP contribution < -0.4 is 0 Å². The number of rotatable bonds is 3. The van der Waals surface area contributed by atoms with Gasteiger partial charge in [0.2, 0.25) is 11.5 Å². The zero-order valence-electron chi connectivity index (χ0n) is 6.69. The first-order valence-corrected chi connectivity index (χ1v) is 4.14. The molecule has 0 amide bonds. The van der Waals surface area contributed by atoms with E-state index in [0.717, 1.165) is 5.56 Å². The van der Waals surface area contributed by atoms with Crippen molar-refractivity contribution in [2.24, 2.45) is 4.36 Å². The molecule has 0 saturated heterocycles. The highest BCUT2D eigenvalue weighted by Gasteiger charge is 1.91. The summed E-state index contributed by atoms with van der Waals surface area (Å²) in [4.78, 5) is 0. The van der Waals surface area contributed by atoms with Gasteiger partial charge in [0.25, 0.3) is 0 Å². The molecular weight excluding hydrogens is 174 g/mol. The molecule has 0 aromatic heterocycles. The molecule has 12 heavy (non-hydrogen) atoms. The number of ether oxygens (including phenoxy) is 1. The molecule has 1 rings (SSSR count). The minimum atomic E-state index is 0.218. The molecule has 1 aromatic carbocycles. The highest BCUT2D eigenvalue weighted by molar-refractivity contribution is 7.54. The first kappa shape index (κ1) is 9.09. The number of methoxy groups -OCH3 is 1. The Hall–Kier alpha value is -1.00. The van der Waals surface area contributed by atoms with Crippen LogP contribution in [0, 0.1) is 0 Å². The minimum absolute atomic E-state index is 0.218. The average Bonchev–Trinajstić information content (AvgIpc) is 2.09. The lowest BCUT2D eigenvalue weighted by atomic mass is 10.2. The Balaban J connectivity index is 2.77. The van der Waals surface area contributed by atoms with Crippen LogP contribution in [0.25, 0.3) is 0 Å². The lowest BCUT2D eigenvalue weighted by Crippen LogP contribution is -1.84. The fourth-order valence-corrected chi connectivity index (χ4v) is 1.07. The lowest BCUT2D eigenvalue weighted by Gasteiger charge is -1.97. The normalized spacial score (nSPS) is 9.42. The predicted octanol–water partition coefficient (Wildman–Crippen LogP) is 1.86. The molecule has 0 aliphatic rings. The fourth-order valence-electron chi connectivity index (χ4n) is 0.863. The molecule has 0 aliphatic carbocycles. The largest absolute Gasteiger partial charge is 0.380 e. The van der Waals surface area contributed by atoms with Crippen molar-refractivity contribution in [2.75, 3.05) is 7.11 Å². The molecule has 3 nitrogen and oxygen atoms in total. The van der Waals surface area contributed by atoms with E-state index >= 15 is 0 Å². The van der Waals surface area contributed by atoms with Gasteiger partial charge in [-0.25, -0.2) is 0 Å².